The van der Waals surface area contributed by atoms with Crippen LogP contribution in [-0.2, 0) is 0 Å². The highest BCUT2D eigenvalue weighted by atomic mass is 31.1. The minimum absolute atomic E-state index is 0.979. The average Bonchev–Trinajstić information content (AvgIpc) is 3.24. The summed E-state index contributed by atoms with van der Waals surface area (Å²) in [6, 6.07) is 74.4. The summed E-state index contributed by atoms with van der Waals surface area (Å²) < 4.78 is 0. The maximum atomic E-state index is 4.26. The Labute approximate surface area is 322 Å². The van der Waals surface area contributed by atoms with Gasteiger partial charge in [-0.25, -0.2) is 0 Å². The first-order valence-corrected chi connectivity index (χ1v) is 21.1. The maximum Gasteiger partial charge on any atom is 0.0540 e. The molecule has 4 heteroatoms. The van der Waals surface area contributed by atoms with E-state index in [1.54, 1.807) is 0 Å². The minimum Gasteiger partial charge on any atom is -0.356 e. The van der Waals surface area contributed by atoms with Gasteiger partial charge >= 0.3 is 0 Å². The summed E-state index contributed by atoms with van der Waals surface area (Å²) in [5, 5.41) is 13.6. The summed E-state index contributed by atoms with van der Waals surface area (Å²) in [4.78, 5) is 0. The molecule has 0 aliphatic heterocycles. The number of rotatable bonds is 11. The van der Waals surface area contributed by atoms with E-state index < -0.39 is 16.1 Å². The molecule has 0 radical (unpaired) electrons. The molecule has 0 amide bonds. The zero-order valence-electron chi connectivity index (χ0n) is 30.5. The topological polar surface area (TPSA) is 24.1 Å². The smallest absolute Gasteiger partial charge is 0.0540 e. The third-order valence-corrected chi connectivity index (χ3v) is 13.9. The number of hydrogen-bond acceptors (Lipinski definition) is 2. The first-order valence-electron chi connectivity index (χ1n) is 18.4. The van der Waals surface area contributed by atoms with Crippen molar-refractivity contribution in [1.82, 2.24) is 0 Å². The van der Waals surface area contributed by atoms with E-state index >= 15 is 0 Å². The molecule has 0 heterocycles. The van der Waals surface area contributed by atoms with Gasteiger partial charge in [0.15, 0.2) is 0 Å². The molecule has 2 nitrogen and oxygen atoms in total. The fourth-order valence-electron chi connectivity index (χ4n) is 7.10. The lowest BCUT2D eigenvalue weighted by atomic mass is 9.87. The first kappa shape index (κ1) is 35.3. The molecule has 0 aromatic heterocycles. The van der Waals surface area contributed by atoms with E-state index in [1.807, 2.05) is 0 Å². The van der Waals surface area contributed by atoms with Crippen LogP contribution in [0.4, 0.5) is 11.4 Å². The van der Waals surface area contributed by atoms with E-state index in [1.165, 1.54) is 65.7 Å². The standard InChI is InChI=1S/C50H42N2P2/c1-37-33-35-45(39-21-9-3-10-22-39)49(51-53(41-25-13-5-14-26-41)42-27-15-6-16-28-42)47(37)48-38(2)34-36-46(40-23-11-4-12-24-40)50(48)52-54(43-29-17-7-18-30-43)44-31-19-8-20-32-44/h3-36,51-52H,1-2H3. The van der Waals surface area contributed by atoms with Crippen LogP contribution in [0.3, 0.4) is 0 Å². The van der Waals surface area contributed by atoms with Crippen LogP contribution in [0.1, 0.15) is 11.1 Å². The summed E-state index contributed by atoms with van der Waals surface area (Å²) in [7, 11) is -1.96. The molecule has 262 valence electrons. The lowest BCUT2D eigenvalue weighted by Crippen LogP contribution is -2.19. The van der Waals surface area contributed by atoms with E-state index in [2.05, 4.69) is 230 Å². The highest BCUT2D eigenvalue weighted by molar-refractivity contribution is 7.74. The van der Waals surface area contributed by atoms with E-state index in [9.17, 15) is 0 Å². The predicted octanol–water partition coefficient (Wildman–Crippen LogP) is 12.2. The second kappa shape index (κ2) is 16.5. The maximum absolute atomic E-state index is 4.26. The van der Waals surface area contributed by atoms with Crippen molar-refractivity contribution in [1.29, 1.82) is 0 Å². The normalized spacial score (nSPS) is 11.1. The van der Waals surface area contributed by atoms with Gasteiger partial charge in [-0.15, -0.1) is 0 Å². The van der Waals surface area contributed by atoms with Gasteiger partial charge in [-0.1, -0.05) is 206 Å². The lowest BCUT2D eigenvalue weighted by Gasteiger charge is -2.30. The van der Waals surface area contributed by atoms with Crippen LogP contribution in [0, 0.1) is 13.8 Å². The molecule has 8 aromatic rings. The van der Waals surface area contributed by atoms with Crippen molar-refractivity contribution in [3.63, 3.8) is 0 Å². The molecule has 54 heavy (non-hydrogen) atoms. The van der Waals surface area contributed by atoms with Crippen LogP contribution < -0.4 is 31.4 Å². The SMILES string of the molecule is Cc1ccc(-c2ccccc2)c(NP(c2ccccc2)c2ccccc2)c1-c1c(C)ccc(-c2ccccc2)c1NP(c1ccccc1)c1ccccc1. The van der Waals surface area contributed by atoms with Crippen LogP contribution in [0.15, 0.2) is 206 Å². The molecular formula is C50H42N2P2. The minimum atomic E-state index is -0.979. The third-order valence-electron chi connectivity index (χ3n) is 9.75. The van der Waals surface area contributed by atoms with Crippen LogP contribution in [0.25, 0.3) is 33.4 Å². The van der Waals surface area contributed by atoms with Gasteiger partial charge in [0, 0.05) is 43.5 Å². The summed E-state index contributed by atoms with van der Waals surface area (Å²) in [6.45, 7) is 4.52. The van der Waals surface area contributed by atoms with Crippen LogP contribution in [0.5, 0.6) is 0 Å². The Morgan fingerprint density at radius 2 is 0.556 bits per heavy atom. The molecule has 0 aliphatic rings. The van der Waals surface area contributed by atoms with Gasteiger partial charge in [-0.3, -0.25) is 0 Å². The molecule has 0 atom stereocenters. The van der Waals surface area contributed by atoms with Crippen molar-refractivity contribution < 1.29 is 0 Å². The lowest BCUT2D eigenvalue weighted by molar-refractivity contribution is 1.40. The van der Waals surface area contributed by atoms with Crippen LogP contribution in [0.2, 0.25) is 0 Å². The summed E-state index contributed by atoms with van der Waals surface area (Å²) in [6.07, 6.45) is 0. The van der Waals surface area contributed by atoms with Crippen LogP contribution >= 0.6 is 16.1 Å². The van der Waals surface area contributed by atoms with Gasteiger partial charge in [0.2, 0.25) is 0 Å². The number of hydrogen-bond donors (Lipinski definition) is 2. The highest BCUT2D eigenvalue weighted by Crippen LogP contribution is 2.52. The molecule has 8 rings (SSSR count). The van der Waals surface area contributed by atoms with Crippen molar-refractivity contribution >= 4 is 48.7 Å². The van der Waals surface area contributed by atoms with Crippen molar-refractivity contribution in [3.8, 4) is 33.4 Å². The van der Waals surface area contributed by atoms with Gasteiger partial charge in [-0.05, 0) is 36.1 Å². The number of benzene rings is 8. The first-order chi connectivity index (χ1) is 26.7. The van der Waals surface area contributed by atoms with Gasteiger partial charge in [0.1, 0.15) is 0 Å². The number of nitrogens with one attached hydrogen (secondary N) is 2. The third kappa shape index (κ3) is 7.50. The monoisotopic (exact) mass is 732 g/mol. The Hall–Kier alpha value is -5.78. The molecule has 2 N–H and O–H groups in total. The molecule has 0 aliphatic carbocycles. The molecule has 8 aromatic carbocycles. The number of anilines is 2. The Morgan fingerprint density at radius 1 is 0.296 bits per heavy atom. The van der Waals surface area contributed by atoms with E-state index in [0.717, 1.165) is 11.4 Å². The van der Waals surface area contributed by atoms with Crippen molar-refractivity contribution in [2.24, 2.45) is 0 Å². The molecule has 0 saturated carbocycles. The molecule has 0 spiro atoms. The summed E-state index contributed by atoms with van der Waals surface area (Å²) in [5.41, 5.74) is 11.9. The van der Waals surface area contributed by atoms with Crippen molar-refractivity contribution in [2.75, 3.05) is 10.2 Å². The van der Waals surface area contributed by atoms with E-state index in [4.69, 9.17) is 0 Å². The van der Waals surface area contributed by atoms with E-state index in [-0.39, 0.29) is 0 Å². The van der Waals surface area contributed by atoms with Gasteiger partial charge in [0.05, 0.1) is 27.5 Å². The fraction of sp³-hybridized carbons (Fsp3) is 0.0400. The Morgan fingerprint density at radius 3 is 0.833 bits per heavy atom. The molecule has 0 saturated heterocycles. The van der Waals surface area contributed by atoms with Gasteiger partial charge in [-0.2, -0.15) is 0 Å². The average molecular weight is 733 g/mol. The Kier molecular flexibility index (Phi) is 10.8. The molecular weight excluding hydrogens is 691 g/mol. The van der Waals surface area contributed by atoms with E-state index in [0.29, 0.717) is 0 Å². The Bertz CT molecular complexity index is 2180. The van der Waals surface area contributed by atoms with Gasteiger partial charge < -0.3 is 10.2 Å². The van der Waals surface area contributed by atoms with Crippen molar-refractivity contribution in [3.05, 3.63) is 217 Å². The summed E-state index contributed by atoms with van der Waals surface area (Å²) >= 11 is 0. The van der Waals surface area contributed by atoms with Crippen molar-refractivity contribution in [2.45, 2.75) is 13.8 Å². The zero-order chi connectivity index (χ0) is 36.7. The second-order valence-electron chi connectivity index (χ2n) is 13.3. The second-order valence-corrected chi connectivity index (χ2v) is 17.2. The van der Waals surface area contributed by atoms with Gasteiger partial charge in [0.25, 0.3) is 0 Å². The molecule has 0 unspecified atom stereocenters. The molecule has 0 fully saturated rings. The highest BCUT2D eigenvalue weighted by Gasteiger charge is 2.26. The number of aryl methyl sites for hydroxylation is 2. The molecule has 0 bridgehead atoms. The van der Waals surface area contributed by atoms with Crippen LogP contribution in [-0.4, -0.2) is 0 Å². The largest absolute Gasteiger partial charge is 0.356 e. The predicted molar refractivity (Wildman–Crippen MR) is 238 cm³/mol. The summed E-state index contributed by atoms with van der Waals surface area (Å²) in [5.74, 6) is 0. The Balaban J connectivity index is 1.42. The fourth-order valence-corrected chi connectivity index (χ4v) is 11.0. The zero-order valence-corrected chi connectivity index (χ0v) is 32.3. The quantitative estimate of drug-likeness (QED) is 0.129.